The van der Waals surface area contributed by atoms with Gasteiger partial charge in [0.05, 0.1) is 18.6 Å². The highest BCUT2D eigenvalue weighted by molar-refractivity contribution is 7.10. The summed E-state index contributed by atoms with van der Waals surface area (Å²) in [5, 5.41) is 4.81. The van der Waals surface area contributed by atoms with Crippen molar-refractivity contribution in [3.63, 3.8) is 0 Å². The molecule has 1 aromatic heterocycles. The van der Waals surface area contributed by atoms with E-state index in [0.717, 1.165) is 10.4 Å². The van der Waals surface area contributed by atoms with E-state index in [1.807, 2.05) is 24.4 Å². The number of aryl methyl sites for hydroxylation is 1. The second-order valence-corrected chi connectivity index (χ2v) is 5.59. The third kappa shape index (κ3) is 4.16. The smallest absolute Gasteiger partial charge is 0.338 e. The number of amides is 1. The molecule has 0 fully saturated rings. The number of benzene rings is 1. The summed E-state index contributed by atoms with van der Waals surface area (Å²) in [6.45, 7) is 3.96. The average Bonchev–Trinajstić information content (AvgIpc) is 2.94. The summed E-state index contributed by atoms with van der Waals surface area (Å²) in [5.74, 6) is -0.415. The Morgan fingerprint density at radius 1 is 1.29 bits per heavy atom. The van der Waals surface area contributed by atoms with E-state index in [1.165, 1.54) is 0 Å². The maximum absolute atomic E-state index is 12.0. The second-order valence-electron chi connectivity index (χ2n) is 4.55. The Hall–Kier alpha value is -2.14. The van der Waals surface area contributed by atoms with Crippen molar-refractivity contribution in [3.8, 4) is 0 Å². The van der Waals surface area contributed by atoms with Gasteiger partial charge in [-0.05, 0) is 49.1 Å². The molecule has 0 spiro atoms. The SMILES string of the molecule is CCOC(=O)c1ccc(NC(=O)Cc2cccs2)c(C)c1. The molecule has 2 rings (SSSR count). The van der Waals surface area contributed by atoms with Gasteiger partial charge in [0.1, 0.15) is 0 Å². The quantitative estimate of drug-likeness (QED) is 0.861. The molecule has 2 aromatic rings. The van der Waals surface area contributed by atoms with Gasteiger partial charge in [0.25, 0.3) is 0 Å². The molecule has 0 unspecified atom stereocenters. The average molecular weight is 303 g/mol. The molecule has 0 saturated carbocycles. The Kier molecular flexibility index (Phi) is 5.11. The van der Waals surface area contributed by atoms with Crippen LogP contribution >= 0.6 is 11.3 Å². The monoisotopic (exact) mass is 303 g/mol. The zero-order valence-corrected chi connectivity index (χ0v) is 12.8. The van der Waals surface area contributed by atoms with Crippen molar-refractivity contribution >= 4 is 28.9 Å². The topological polar surface area (TPSA) is 55.4 Å². The van der Waals surface area contributed by atoms with Crippen LogP contribution in [0.5, 0.6) is 0 Å². The lowest BCUT2D eigenvalue weighted by molar-refractivity contribution is -0.115. The highest BCUT2D eigenvalue weighted by Crippen LogP contribution is 2.18. The molecule has 0 atom stereocenters. The zero-order chi connectivity index (χ0) is 15.2. The lowest BCUT2D eigenvalue weighted by Gasteiger charge is -2.09. The van der Waals surface area contributed by atoms with Crippen molar-refractivity contribution in [2.45, 2.75) is 20.3 Å². The summed E-state index contributed by atoms with van der Waals surface area (Å²) in [5.41, 5.74) is 2.04. The Balaban J connectivity index is 2.03. The van der Waals surface area contributed by atoms with Gasteiger partial charge < -0.3 is 10.1 Å². The van der Waals surface area contributed by atoms with Gasteiger partial charge in [0.2, 0.25) is 5.91 Å². The number of esters is 1. The molecule has 1 heterocycles. The molecule has 110 valence electrons. The number of rotatable bonds is 5. The van der Waals surface area contributed by atoms with E-state index in [4.69, 9.17) is 4.74 Å². The lowest BCUT2D eigenvalue weighted by atomic mass is 10.1. The fourth-order valence-corrected chi connectivity index (χ4v) is 2.61. The number of hydrogen-bond acceptors (Lipinski definition) is 4. The first kappa shape index (κ1) is 15.3. The minimum Gasteiger partial charge on any atom is -0.462 e. The van der Waals surface area contributed by atoms with Crippen molar-refractivity contribution in [2.75, 3.05) is 11.9 Å². The van der Waals surface area contributed by atoms with Gasteiger partial charge in [-0.25, -0.2) is 4.79 Å². The van der Waals surface area contributed by atoms with E-state index in [0.29, 0.717) is 24.3 Å². The largest absolute Gasteiger partial charge is 0.462 e. The fourth-order valence-electron chi connectivity index (χ4n) is 1.91. The van der Waals surface area contributed by atoms with E-state index in [1.54, 1.807) is 36.5 Å². The van der Waals surface area contributed by atoms with Crippen LogP contribution in [0.2, 0.25) is 0 Å². The van der Waals surface area contributed by atoms with Crippen LogP contribution in [0.3, 0.4) is 0 Å². The first-order valence-electron chi connectivity index (χ1n) is 6.70. The number of hydrogen-bond donors (Lipinski definition) is 1. The summed E-state index contributed by atoms with van der Waals surface area (Å²) in [6.07, 6.45) is 0.358. The normalized spacial score (nSPS) is 10.2. The lowest BCUT2D eigenvalue weighted by Crippen LogP contribution is -2.15. The predicted molar refractivity (Wildman–Crippen MR) is 83.8 cm³/mol. The molecule has 1 aromatic carbocycles. The molecule has 21 heavy (non-hydrogen) atoms. The van der Waals surface area contributed by atoms with E-state index >= 15 is 0 Å². The summed E-state index contributed by atoms with van der Waals surface area (Å²) in [7, 11) is 0. The highest BCUT2D eigenvalue weighted by atomic mass is 32.1. The van der Waals surface area contributed by atoms with Crippen LogP contribution < -0.4 is 5.32 Å². The molecule has 0 bridgehead atoms. The molecule has 1 amide bonds. The third-order valence-corrected chi connectivity index (χ3v) is 3.80. The van der Waals surface area contributed by atoms with Crippen molar-refractivity contribution in [3.05, 3.63) is 51.7 Å². The van der Waals surface area contributed by atoms with Crippen LogP contribution in [0.25, 0.3) is 0 Å². The van der Waals surface area contributed by atoms with Crippen LogP contribution in [0.4, 0.5) is 5.69 Å². The number of nitrogens with one attached hydrogen (secondary N) is 1. The minimum absolute atomic E-state index is 0.0653. The molecular formula is C16H17NO3S. The van der Waals surface area contributed by atoms with Crippen molar-refractivity contribution in [1.29, 1.82) is 0 Å². The molecule has 0 saturated heterocycles. The number of carbonyl (C=O) groups excluding carboxylic acids is 2. The molecule has 0 aliphatic heterocycles. The maximum Gasteiger partial charge on any atom is 0.338 e. The first-order chi connectivity index (χ1) is 10.1. The van der Waals surface area contributed by atoms with Gasteiger partial charge in [0, 0.05) is 10.6 Å². The standard InChI is InChI=1S/C16H17NO3S/c1-3-20-16(19)12-6-7-14(11(2)9-12)17-15(18)10-13-5-4-8-21-13/h4-9H,3,10H2,1-2H3,(H,17,18). The van der Waals surface area contributed by atoms with E-state index in [-0.39, 0.29) is 11.9 Å². The van der Waals surface area contributed by atoms with Gasteiger partial charge in [-0.1, -0.05) is 6.07 Å². The van der Waals surface area contributed by atoms with Gasteiger partial charge in [-0.15, -0.1) is 11.3 Å². The molecule has 5 heteroatoms. The summed E-state index contributed by atoms with van der Waals surface area (Å²) >= 11 is 1.56. The van der Waals surface area contributed by atoms with E-state index in [2.05, 4.69) is 5.32 Å². The number of ether oxygens (including phenoxy) is 1. The molecule has 4 nitrogen and oxygen atoms in total. The highest BCUT2D eigenvalue weighted by Gasteiger charge is 2.10. The van der Waals surface area contributed by atoms with Crippen molar-refractivity contribution < 1.29 is 14.3 Å². The van der Waals surface area contributed by atoms with Crippen LogP contribution in [-0.4, -0.2) is 18.5 Å². The predicted octanol–water partition coefficient (Wildman–Crippen LogP) is 3.41. The molecule has 0 aliphatic carbocycles. The minimum atomic E-state index is -0.350. The van der Waals surface area contributed by atoms with E-state index < -0.39 is 0 Å². The third-order valence-electron chi connectivity index (χ3n) is 2.93. The number of anilines is 1. The first-order valence-corrected chi connectivity index (χ1v) is 7.58. The summed E-state index contributed by atoms with van der Waals surface area (Å²) < 4.78 is 4.95. The van der Waals surface area contributed by atoms with Gasteiger partial charge in [-0.2, -0.15) is 0 Å². The molecule has 0 aliphatic rings. The fraction of sp³-hybridized carbons (Fsp3) is 0.250. The van der Waals surface area contributed by atoms with Gasteiger partial charge >= 0.3 is 5.97 Å². The Labute approximate surface area is 127 Å². The molecular weight excluding hydrogens is 286 g/mol. The number of thiophene rings is 1. The summed E-state index contributed by atoms with van der Waals surface area (Å²) in [4.78, 5) is 24.6. The van der Waals surface area contributed by atoms with Crippen LogP contribution in [0.15, 0.2) is 35.7 Å². The Bertz CT molecular complexity index is 635. The van der Waals surface area contributed by atoms with Gasteiger partial charge in [-0.3, -0.25) is 4.79 Å². The van der Waals surface area contributed by atoms with Crippen molar-refractivity contribution in [1.82, 2.24) is 0 Å². The van der Waals surface area contributed by atoms with Crippen molar-refractivity contribution in [2.24, 2.45) is 0 Å². The van der Waals surface area contributed by atoms with Crippen LogP contribution in [0.1, 0.15) is 27.7 Å². The van der Waals surface area contributed by atoms with Gasteiger partial charge in [0.15, 0.2) is 0 Å². The van der Waals surface area contributed by atoms with E-state index in [9.17, 15) is 9.59 Å². The molecule has 1 N–H and O–H groups in total. The Morgan fingerprint density at radius 3 is 2.71 bits per heavy atom. The number of carbonyl (C=O) groups is 2. The maximum atomic E-state index is 12.0. The van der Waals surface area contributed by atoms with Crippen LogP contribution in [-0.2, 0) is 16.0 Å². The molecule has 0 radical (unpaired) electrons. The second kappa shape index (κ2) is 7.04. The zero-order valence-electron chi connectivity index (χ0n) is 12.0. The van der Waals surface area contributed by atoms with Crippen LogP contribution in [0, 0.1) is 6.92 Å². The Morgan fingerprint density at radius 2 is 2.10 bits per heavy atom. The summed E-state index contributed by atoms with van der Waals surface area (Å²) in [6, 6.07) is 8.96.